The van der Waals surface area contributed by atoms with Gasteiger partial charge in [0, 0.05) is 23.7 Å². The van der Waals surface area contributed by atoms with E-state index in [4.69, 9.17) is 32.5 Å². The molecule has 0 saturated carbocycles. The van der Waals surface area contributed by atoms with Gasteiger partial charge < -0.3 is 14.6 Å². The Morgan fingerprint density at radius 2 is 2.03 bits per heavy atom. The van der Waals surface area contributed by atoms with Gasteiger partial charge in [-0.25, -0.2) is 0 Å². The van der Waals surface area contributed by atoms with Crippen molar-refractivity contribution < 1.29 is 14.1 Å². The summed E-state index contributed by atoms with van der Waals surface area (Å²) in [7, 11) is 0. The molecule has 0 radical (unpaired) electrons. The van der Waals surface area contributed by atoms with E-state index in [9.17, 15) is 4.79 Å². The van der Waals surface area contributed by atoms with Crippen molar-refractivity contribution in [1.29, 1.82) is 0 Å². The van der Waals surface area contributed by atoms with Gasteiger partial charge >= 0.3 is 0 Å². The lowest BCUT2D eigenvalue weighted by molar-refractivity contribution is -0.126. The molecule has 0 aliphatic carbocycles. The van der Waals surface area contributed by atoms with Crippen molar-refractivity contribution in [2.24, 2.45) is 5.92 Å². The number of rotatable bonds is 10. The summed E-state index contributed by atoms with van der Waals surface area (Å²) in [5, 5.41) is 8.20. The third-order valence-electron chi connectivity index (χ3n) is 6.11. The quantitative estimate of drug-likeness (QED) is 0.334. The van der Waals surface area contributed by atoms with Crippen LogP contribution in [0.5, 0.6) is 5.75 Å². The molecule has 1 amide bonds. The van der Waals surface area contributed by atoms with E-state index < -0.39 is 0 Å². The van der Waals surface area contributed by atoms with Gasteiger partial charge in [-0.15, -0.1) is 0 Å². The maximum atomic E-state index is 12.8. The highest BCUT2D eigenvalue weighted by molar-refractivity contribution is 6.36. The van der Waals surface area contributed by atoms with Crippen LogP contribution in [0.4, 0.5) is 0 Å². The van der Waals surface area contributed by atoms with Gasteiger partial charge in [0.1, 0.15) is 5.75 Å². The fourth-order valence-electron chi connectivity index (χ4n) is 4.36. The second kappa shape index (κ2) is 12.6. The smallest absolute Gasteiger partial charge is 0.241 e. The van der Waals surface area contributed by atoms with E-state index in [0.717, 1.165) is 38.0 Å². The Morgan fingerprint density at radius 3 is 2.78 bits per heavy atom. The lowest BCUT2D eigenvalue weighted by atomic mass is 9.97. The van der Waals surface area contributed by atoms with Crippen LogP contribution < -0.4 is 10.1 Å². The highest BCUT2D eigenvalue weighted by atomic mass is 35.5. The summed E-state index contributed by atoms with van der Waals surface area (Å²) in [6.45, 7) is 6.75. The van der Waals surface area contributed by atoms with E-state index in [1.54, 1.807) is 18.2 Å². The first-order chi connectivity index (χ1) is 17.4. The van der Waals surface area contributed by atoms with Crippen molar-refractivity contribution in [3.05, 3.63) is 64.0 Å². The number of aromatic nitrogens is 2. The molecule has 0 spiro atoms. The van der Waals surface area contributed by atoms with E-state index in [1.165, 1.54) is 5.56 Å². The lowest BCUT2D eigenvalue weighted by Crippen LogP contribution is -2.43. The monoisotopic (exact) mass is 530 g/mol. The van der Waals surface area contributed by atoms with Gasteiger partial charge in [0.15, 0.2) is 0 Å². The number of carbonyl (C=O) groups excluding carboxylic acids is 1. The summed E-state index contributed by atoms with van der Waals surface area (Å²) in [5.41, 5.74) is 1.91. The fraction of sp³-hybridized carbons (Fsp3) is 0.444. The van der Waals surface area contributed by atoms with Crippen LogP contribution in [0.15, 0.2) is 47.0 Å². The second-order valence-electron chi connectivity index (χ2n) is 9.42. The number of nitrogens with zero attached hydrogens (tertiary/aromatic N) is 3. The number of halogens is 2. The molecule has 7 nitrogen and oxygen atoms in total. The van der Waals surface area contributed by atoms with E-state index in [-0.39, 0.29) is 17.9 Å². The van der Waals surface area contributed by atoms with Gasteiger partial charge in [-0.2, -0.15) is 4.98 Å². The Labute approximate surface area is 222 Å². The average Bonchev–Trinajstić information content (AvgIpc) is 3.30. The summed E-state index contributed by atoms with van der Waals surface area (Å²) in [6.07, 6.45) is 3.81. The summed E-state index contributed by atoms with van der Waals surface area (Å²) in [6, 6.07) is 13.3. The molecular formula is C27H32Cl2N4O3. The van der Waals surface area contributed by atoms with Crippen molar-refractivity contribution in [1.82, 2.24) is 20.4 Å². The van der Waals surface area contributed by atoms with Crippen molar-refractivity contribution in [2.45, 2.75) is 52.2 Å². The number of ether oxygens (including phenoxy) is 1. The standard InChI is InChI=1S/C27H32Cl2N4O3/c1-18(2)35-22-10-7-19(8-11-22)5-3-13-30-27(34)20-6-4-14-33(16-20)17-25-31-26(32-36-25)23-12-9-21(28)15-24(23)29/h7-12,15,18,20H,3-6,13-14,16-17H2,1-2H3,(H,30,34). The molecule has 4 rings (SSSR count). The van der Waals surface area contributed by atoms with Crippen LogP contribution in [0.2, 0.25) is 10.0 Å². The molecule has 1 unspecified atom stereocenters. The summed E-state index contributed by atoms with van der Waals surface area (Å²) >= 11 is 12.2. The maximum absolute atomic E-state index is 12.8. The van der Waals surface area contributed by atoms with Crippen LogP contribution in [0, 0.1) is 5.92 Å². The molecule has 36 heavy (non-hydrogen) atoms. The average molecular weight is 531 g/mol. The first-order valence-electron chi connectivity index (χ1n) is 12.4. The molecule has 2 heterocycles. The first-order valence-corrected chi connectivity index (χ1v) is 13.2. The van der Waals surface area contributed by atoms with E-state index in [0.29, 0.717) is 47.0 Å². The third kappa shape index (κ3) is 7.45. The zero-order valence-corrected chi connectivity index (χ0v) is 22.2. The number of hydrogen-bond donors (Lipinski definition) is 1. The van der Waals surface area contributed by atoms with Gasteiger partial charge in [0.25, 0.3) is 0 Å². The maximum Gasteiger partial charge on any atom is 0.241 e. The predicted molar refractivity (Wildman–Crippen MR) is 141 cm³/mol. The van der Waals surface area contributed by atoms with Crippen molar-refractivity contribution >= 4 is 29.1 Å². The molecule has 2 aromatic carbocycles. The van der Waals surface area contributed by atoms with Crippen LogP contribution in [-0.2, 0) is 17.8 Å². The molecule has 1 aromatic heterocycles. The summed E-state index contributed by atoms with van der Waals surface area (Å²) in [4.78, 5) is 19.5. The lowest BCUT2D eigenvalue weighted by Gasteiger charge is -2.30. The molecule has 3 aromatic rings. The van der Waals surface area contributed by atoms with Crippen molar-refractivity contribution in [3.63, 3.8) is 0 Å². The number of piperidine rings is 1. The molecule has 1 aliphatic rings. The minimum atomic E-state index is -0.0423. The molecule has 0 bridgehead atoms. The number of hydrogen-bond acceptors (Lipinski definition) is 6. The number of carbonyl (C=O) groups is 1. The van der Waals surface area contributed by atoms with Crippen molar-refractivity contribution in [3.8, 4) is 17.1 Å². The van der Waals surface area contributed by atoms with E-state index >= 15 is 0 Å². The van der Waals surface area contributed by atoms with Crippen LogP contribution in [-0.4, -0.2) is 46.7 Å². The Bertz CT molecular complexity index is 1150. The number of likely N-dealkylation sites (tertiary alicyclic amines) is 1. The van der Waals surface area contributed by atoms with Gasteiger partial charge in [-0.1, -0.05) is 40.5 Å². The predicted octanol–water partition coefficient (Wildman–Crippen LogP) is 5.79. The Morgan fingerprint density at radius 1 is 1.22 bits per heavy atom. The van der Waals surface area contributed by atoms with Gasteiger partial charge in [0.05, 0.1) is 23.6 Å². The van der Waals surface area contributed by atoms with Crippen LogP contribution in [0.3, 0.4) is 0 Å². The zero-order chi connectivity index (χ0) is 25.5. The number of amides is 1. The van der Waals surface area contributed by atoms with Crippen molar-refractivity contribution in [2.75, 3.05) is 19.6 Å². The Kier molecular flexibility index (Phi) is 9.24. The molecule has 1 N–H and O–H groups in total. The largest absolute Gasteiger partial charge is 0.491 e. The summed E-state index contributed by atoms with van der Waals surface area (Å²) < 4.78 is 11.1. The highest BCUT2D eigenvalue weighted by Crippen LogP contribution is 2.29. The van der Waals surface area contributed by atoms with Crippen LogP contribution in [0.1, 0.15) is 44.6 Å². The van der Waals surface area contributed by atoms with Crippen LogP contribution in [0.25, 0.3) is 11.4 Å². The Balaban J connectivity index is 1.21. The second-order valence-corrected chi connectivity index (χ2v) is 10.3. The van der Waals surface area contributed by atoms with Crippen LogP contribution >= 0.6 is 23.2 Å². The molecule has 9 heteroatoms. The molecule has 1 aliphatic heterocycles. The number of benzene rings is 2. The number of nitrogens with one attached hydrogen (secondary N) is 1. The molecule has 1 atom stereocenters. The van der Waals surface area contributed by atoms with E-state index in [1.807, 2.05) is 26.0 Å². The minimum absolute atomic E-state index is 0.0423. The minimum Gasteiger partial charge on any atom is -0.491 e. The Hall–Kier alpha value is -2.61. The molecule has 1 saturated heterocycles. The third-order valence-corrected chi connectivity index (χ3v) is 6.66. The normalized spacial score (nSPS) is 16.3. The van der Waals surface area contributed by atoms with Gasteiger partial charge in [0.2, 0.25) is 17.6 Å². The number of aryl methyl sites for hydroxylation is 1. The molecular weight excluding hydrogens is 499 g/mol. The highest BCUT2D eigenvalue weighted by Gasteiger charge is 2.27. The first kappa shape index (κ1) is 26.5. The SMILES string of the molecule is CC(C)Oc1ccc(CCCNC(=O)C2CCCN(Cc3nc(-c4ccc(Cl)cc4Cl)no3)C2)cc1. The fourth-order valence-corrected chi connectivity index (χ4v) is 4.85. The zero-order valence-electron chi connectivity index (χ0n) is 20.7. The molecule has 192 valence electrons. The summed E-state index contributed by atoms with van der Waals surface area (Å²) in [5.74, 6) is 1.88. The molecule has 1 fully saturated rings. The van der Waals surface area contributed by atoms with E-state index in [2.05, 4.69) is 32.5 Å². The van der Waals surface area contributed by atoms with Gasteiger partial charge in [-0.05, 0) is 82.0 Å². The topological polar surface area (TPSA) is 80.5 Å². The van der Waals surface area contributed by atoms with Gasteiger partial charge in [-0.3, -0.25) is 9.69 Å².